The summed E-state index contributed by atoms with van der Waals surface area (Å²) in [7, 11) is 0. The van der Waals surface area contributed by atoms with E-state index >= 15 is 0 Å². The number of non-ortho nitro benzene ring substituents is 1. The van der Waals surface area contributed by atoms with Crippen molar-refractivity contribution in [3.63, 3.8) is 0 Å². The standard InChI is InChI=1S/C24H16ClN3O5/c25-20-14-19(28(31)32)11-12-21(20)27-23(29)22(17-9-5-2-6-10-17)33-24(30)18(15-26)13-16-7-3-1-4-8-16/h1-14,22H,(H,27,29)/b18-13+. The summed E-state index contributed by atoms with van der Waals surface area (Å²) in [5.41, 5.74) is 0.546. The van der Waals surface area contributed by atoms with Gasteiger partial charge in [-0.15, -0.1) is 0 Å². The zero-order valence-electron chi connectivity index (χ0n) is 17.0. The van der Waals surface area contributed by atoms with Crippen molar-refractivity contribution in [2.45, 2.75) is 6.10 Å². The summed E-state index contributed by atoms with van der Waals surface area (Å²) in [6.07, 6.45) is -0.0485. The normalized spacial score (nSPS) is 11.7. The number of amides is 1. The largest absolute Gasteiger partial charge is 0.443 e. The second-order valence-corrected chi connectivity index (χ2v) is 7.09. The molecule has 1 atom stereocenters. The molecule has 0 bridgehead atoms. The number of carbonyl (C=O) groups excluding carboxylic acids is 2. The highest BCUT2D eigenvalue weighted by Gasteiger charge is 2.27. The van der Waals surface area contributed by atoms with Gasteiger partial charge >= 0.3 is 5.97 Å². The monoisotopic (exact) mass is 461 g/mol. The highest BCUT2D eigenvalue weighted by molar-refractivity contribution is 6.34. The quantitative estimate of drug-likeness (QED) is 0.172. The van der Waals surface area contributed by atoms with Gasteiger partial charge in [-0.25, -0.2) is 4.79 Å². The Morgan fingerprint density at radius 1 is 1.06 bits per heavy atom. The first-order chi connectivity index (χ1) is 15.9. The number of anilines is 1. The van der Waals surface area contributed by atoms with E-state index < -0.39 is 22.9 Å². The number of benzene rings is 3. The second-order valence-electron chi connectivity index (χ2n) is 6.69. The minimum Gasteiger partial charge on any atom is -0.443 e. The Balaban J connectivity index is 1.87. The van der Waals surface area contributed by atoms with Crippen LogP contribution in [0.4, 0.5) is 11.4 Å². The SMILES string of the molecule is N#C/C(=C\c1ccccc1)C(=O)OC(C(=O)Nc1ccc([N+](=O)[O-])cc1Cl)c1ccccc1. The molecule has 1 unspecified atom stereocenters. The lowest BCUT2D eigenvalue weighted by Gasteiger charge is -2.18. The smallest absolute Gasteiger partial charge is 0.350 e. The Morgan fingerprint density at radius 3 is 2.27 bits per heavy atom. The molecule has 33 heavy (non-hydrogen) atoms. The first-order valence-electron chi connectivity index (χ1n) is 9.56. The fourth-order valence-electron chi connectivity index (χ4n) is 2.84. The molecule has 8 nitrogen and oxygen atoms in total. The van der Waals surface area contributed by atoms with Gasteiger partial charge in [-0.2, -0.15) is 5.26 Å². The summed E-state index contributed by atoms with van der Waals surface area (Å²) in [6.45, 7) is 0. The van der Waals surface area contributed by atoms with Crippen molar-refractivity contribution in [1.29, 1.82) is 5.26 Å². The summed E-state index contributed by atoms with van der Waals surface area (Å²) < 4.78 is 5.40. The number of nitriles is 1. The summed E-state index contributed by atoms with van der Waals surface area (Å²) in [5, 5.41) is 22.8. The zero-order valence-corrected chi connectivity index (χ0v) is 17.7. The van der Waals surface area contributed by atoms with Crippen LogP contribution in [0.15, 0.2) is 84.4 Å². The third-order valence-electron chi connectivity index (χ3n) is 4.44. The number of rotatable bonds is 7. The highest BCUT2D eigenvalue weighted by Crippen LogP contribution is 2.29. The van der Waals surface area contributed by atoms with Crippen LogP contribution >= 0.6 is 11.6 Å². The van der Waals surface area contributed by atoms with E-state index in [0.717, 1.165) is 6.07 Å². The van der Waals surface area contributed by atoms with Gasteiger partial charge in [-0.3, -0.25) is 14.9 Å². The number of nitro benzene ring substituents is 1. The molecule has 3 aromatic rings. The van der Waals surface area contributed by atoms with Gasteiger partial charge in [0.2, 0.25) is 6.10 Å². The van der Waals surface area contributed by atoms with Crippen LogP contribution in [0.3, 0.4) is 0 Å². The third kappa shape index (κ3) is 6.03. The van der Waals surface area contributed by atoms with E-state index in [4.69, 9.17) is 16.3 Å². The average Bonchev–Trinajstić information content (AvgIpc) is 2.83. The van der Waals surface area contributed by atoms with E-state index in [1.165, 1.54) is 18.2 Å². The topological polar surface area (TPSA) is 122 Å². The number of hydrogen-bond acceptors (Lipinski definition) is 6. The van der Waals surface area contributed by atoms with E-state index in [1.54, 1.807) is 66.7 Å². The Labute approximate surface area is 193 Å². The molecule has 0 saturated carbocycles. The van der Waals surface area contributed by atoms with Crippen molar-refractivity contribution in [1.82, 2.24) is 0 Å². The van der Waals surface area contributed by atoms with Gasteiger partial charge < -0.3 is 10.1 Å². The number of nitrogens with zero attached hydrogens (tertiary/aromatic N) is 2. The van der Waals surface area contributed by atoms with Crippen LogP contribution in [0.5, 0.6) is 0 Å². The van der Waals surface area contributed by atoms with Gasteiger partial charge in [0.1, 0.15) is 11.6 Å². The molecule has 9 heteroatoms. The molecule has 1 N–H and O–H groups in total. The van der Waals surface area contributed by atoms with Crippen molar-refractivity contribution >= 4 is 40.9 Å². The molecule has 1 amide bonds. The van der Waals surface area contributed by atoms with Gasteiger partial charge in [-0.05, 0) is 17.7 Å². The van der Waals surface area contributed by atoms with Crippen molar-refractivity contribution in [3.05, 3.63) is 111 Å². The zero-order chi connectivity index (χ0) is 23.8. The highest BCUT2D eigenvalue weighted by atomic mass is 35.5. The van der Waals surface area contributed by atoms with Crippen LogP contribution in [0.25, 0.3) is 6.08 Å². The summed E-state index contributed by atoms with van der Waals surface area (Å²) >= 11 is 6.06. The Hall–Kier alpha value is -4.48. The molecule has 0 fully saturated rings. The fraction of sp³-hybridized carbons (Fsp3) is 0.0417. The van der Waals surface area contributed by atoms with Gasteiger partial charge in [0.05, 0.1) is 15.6 Å². The number of halogens is 1. The minimum absolute atomic E-state index is 0.0580. The molecule has 164 valence electrons. The molecule has 0 radical (unpaired) electrons. The first kappa shape index (κ1) is 23.2. The fourth-order valence-corrected chi connectivity index (χ4v) is 3.06. The van der Waals surface area contributed by atoms with E-state index in [-0.39, 0.29) is 22.0 Å². The van der Waals surface area contributed by atoms with Crippen LogP contribution in [0, 0.1) is 21.4 Å². The molecule has 0 saturated heterocycles. The molecule has 3 aromatic carbocycles. The van der Waals surface area contributed by atoms with Crippen LogP contribution in [-0.4, -0.2) is 16.8 Å². The predicted molar refractivity (Wildman–Crippen MR) is 122 cm³/mol. The second kappa shape index (κ2) is 10.7. The number of nitrogens with one attached hydrogen (secondary N) is 1. The van der Waals surface area contributed by atoms with E-state index in [9.17, 15) is 25.0 Å². The Morgan fingerprint density at radius 2 is 1.70 bits per heavy atom. The molecule has 0 aliphatic heterocycles. The van der Waals surface area contributed by atoms with Crippen molar-refractivity contribution in [2.24, 2.45) is 0 Å². The molecule has 0 aliphatic rings. The van der Waals surface area contributed by atoms with Crippen molar-refractivity contribution in [2.75, 3.05) is 5.32 Å². The maximum atomic E-state index is 13.0. The average molecular weight is 462 g/mol. The van der Waals surface area contributed by atoms with Crippen LogP contribution in [0.1, 0.15) is 17.2 Å². The van der Waals surface area contributed by atoms with E-state index in [2.05, 4.69) is 5.32 Å². The summed E-state index contributed by atoms with van der Waals surface area (Å²) in [5.74, 6) is -1.73. The number of ether oxygens (including phenoxy) is 1. The summed E-state index contributed by atoms with van der Waals surface area (Å²) in [4.78, 5) is 36.0. The first-order valence-corrected chi connectivity index (χ1v) is 9.94. The minimum atomic E-state index is -1.41. The maximum absolute atomic E-state index is 13.0. The number of carbonyl (C=O) groups is 2. The third-order valence-corrected chi connectivity index (χ3v) is 4.75. The molecule has 3 rings (SSSR count). The molecule has 0 heterocycles. The van der Waals surface area contributed by atoms with Crippen molar-refractivity contribution < 1.29 is 19.2 Å². The molecule has 0 aliphatic carbocycles. The van der Waals surface area contributed by atoms with E-state index in [1.807, 2.05) is 0 Å². The van der Waals surface area contributed by atoms with Crippen LogP contribution < -0.4 is 5.32 Å². The summed E-state index contributed by atoms with van der Waals surface area (Å²) in [6, 6.07) is 22.3. The molecular weight excluding hydrogens is 446 g/mol. The van der Waals surface area contributed by atoms with Crippen LogP contribution in [-0.2, 0) is 14.3 Å². The Bertz CT molecular complexity index is 1250. The number of esters is 1. The lowest BCUT2D eigenvalue weighted by Crippen LogP contribution is -2.26. The van der Waals surface area contributed by atoms with Gasteiger partial charge in [0.15, 0.2) is 0 Å². The van der Waals surface area contributed by atoms with Gasteiger partial charge in [0.25, 0.3) is 11.6 Å². The van der Waals surface area contributed by atoms with E-state index in [0.29, 0.717) is 11.1 Å². The lowest BCUT2D eigenvalue weighted by atomic mass is 10.1. The number of hydrogen-bond donors (Lipinski definition) is 1. The van der Waals surface area contributed by atoms with Crippen LogP contribution in [0.2, 0.25) is 5.02 Å². The maximum Gasteiger partial charge on any atom is 0.350 e. The molecular formula is C24H16ClN3O5. The van der Waals surface area contributed by atoms with Crippen molar-refractivity contribution in [3.8, 4) is 6.07 Å². The molecule has 0 spiro atoms. The lowest BCUT2D eigenvalue weighted by molar-refractivity contribution is -0.384. The van der Waals surface area contributed by atoms with Gasteiger partial charge in [-0.1, -0.05) is 72.3 Å². The number of nitro groups is 1. The predicted octanol–water partition coefficient (Wildman–Crippen LogP) is 5.08. The molecule has 0 aromatic heterocycles. The van der Waals surface area contributed by atoms with Gasteiger partial charge in [0, 0.05) is 17.7 Å². The Kier molecular flexibility index (Phi) is 7.52.